The van der Waals surface area contributed by atoms with E-state index in [1.165, 1.54) is 0 Å². The van der Waals surface area contributed by atoms with Crippen LogP contribution in [0.1, 0.15) is 52.0 Å². The van der Waals surface area contributed by atoms with E-state index in [0.29, 0.717) is 23.4 Å². The molecule has 0 saturated heterocycles. The molecule has 0 radical (unpaired) electrons. The van der Waals surface area contributed by atoms with Crippen LogP contribution >= 0.6 is 0 Å². The molecule has 2 aromatic carbocycles. The molecule has 1 saturated carbocycles. The van der Waals surface area contributed by atoms with Crippen molar-refractivity contribution in [1.29, 1.82) is 0 Å². The van der Waals surface area contributed by atoms with Crippen LogP contribution in [-0.4, -0.2) is 27.8 Å². The predicted molar refractivity (Wildman–Crippen MR) is 133 cm³/mol. The van der Waals surface area contributed by atoms with E-state index < -0.39 is 23.1 Å². The molecule has 7 heteroatoms. The van der Waals surface area contributed by atoms with E-state index in [0.717, 1.165) is 16.7 Å². The molecule has 4 nitrogen and oxygen atoms in total. The smallest absolute Gasteiger partial charge is 0.380 e. The molecular formula is C29H27F3N2O2. The van der Waals surface area contributed by atoms with Gasteiger partial charge >= 0.3 is 6.18 Å². The number of alkyl halides is 3. The van der Waals surface area contributed by atoms with E-state index in [4.69, 9.17) is 0 Å². The first-order valence-corrected chi connectivity index (χ1v) is 12.0. The van der Waals surface area contributed by atoms with E-state index >= 15 is 0 Å². The van der Waals surface area contributed by atoms with Crippen LogP contribution in [0.3, 0.4) is 0 Å². The number of nitrogens with zero attached hydrogens (tertiary/aromatic N) is 1. The van der Waals surface area contributed by atoms with Crippen molar-refractivity contribution in [2.75, 3.05) is 5.32 Å². The fourth-order valence-corrected chi connectivity index (χ4v) is 5.72. The van der Waals surface area contributed by atoms with Crippen LogP contribution < -0.4 is 5.32 Å². The van der Waals surface area contributed by atoms with Crippen molar-refractivity contribution in [3.8, 4) is 0 Å². The van der Waals surface area contributed by atoms with Gasteiger partial charge in [0.1, 0.15) is 0 Å². The Hall–Kier alpha value is -3.45. The number of fused-ring (bicyclic) bond motifs is 3. The van der Waals surface area contributed by atoms with Gasteiger partial charge in [0.2, 0.25) is 0 Å². The highest BCUT2D eigenvalue weighted by atomic mass is 19.4. The standard InChI is InChI=1S/C29H27F3N2O2/c1-19-25(8-5-15-33-19)34-26(35)22-10-12-24-21(16-22)9-11-23-18-28(36,29(30,31)32)14-13-27(23,24)17-20-6-3-2-4-7-20/h2-12,15-16,23,36H,13-14,17-18H2,1H3,(H,34,35)/t23-,27+,28-/m1/s1. The number of aryl methyl sites for hydroxylation is 1. The summed E-state index contributed by atoms with van der Waals surface area (Å²) in [7, 11) is 0. The molecule has 0 bridgehead atoms. The number of carbonyl (C=O) groups excluding carboxylic acids is 1. The van der Waals surface area contributed by atoms with Crippen molar-refractivity contribution in [1.82, 2.24) is 4.98 Å². The number of rotatable bonds is 4. The number of anilines is 1. The minimum absolute atomic E-state index is 0.181. The fourth-order valence-electron chi connectivity index (χ4n) is 5.72. The molecule has 0 aliphatic heterocycles. The lowest BCUT2D eigenvalue weighted by Crippen LogP contribution is -2.55. The maximum Gasteiger partial charge on any atom is 0.417 e. The minimum Gasteiger partial charge on any atom is -0.380 e. The molecule has 2 N–H and O–H groups in total. The first kappa shape index (κ1) is 24.3. The summed E-state index contributed by atoms with van der Waals surface area (Å²) in [6, 6.07) is 18.6. The highest BCUT2D eigenvalue weighted by molar-refractivity contribution is 6.05. The molecule has 3 atom stereocenters. The van der Waals surface area contributed by atoms with E-state index in [2.05, 4.69) is 10.3 Å². The summed E-state index contributed by atoms with van der Waals surface area (Å²) in [6.07, 6.45) is 0.515. The molecule has 1 fully saturated rings. The number of carbonyl (C=O) groups is 1. The van der Waals surface area contributed by atoms with Gasteiger partial charge in [0.25, 0.3) is 5.91 Å². The lowest BCUT2D eigenvalue weighted by atomic mass is 9.54. The summed E-state index contributed by atoms with van der Waals surface area (Å²) in [6.45, 7) is 1.81. The van der Waals surface area contributed by atoms with Crippen molar-refractivity contribution in [3.05, 3.63) is 101 Å². The van der Waals surface area contributed by atoms with E-state index in [-0.39, 0.29) is 25.2 Å². The van der Waals surface area contributed by atoms with Gasteiger partial charge in [0.15, 0.2) is 5.60 Å². The lowest BCUT2D eigenvalue weighted by molar-refractivity contribution is -0.277. The SMILES string of the molecule is Cc1ncccc1NC(=O)c1ccc2c(c1)C=C[C@@H]1C[C@@](O)(C(F)(F)F)CC[C@@]21Cc1ccccc1. The molecule has 2 aliphatic carbocycles. The van der Waals surface area contributed by atoms with Gasteiger partial charge in [0.05, 0.1) is 11.4 Å². The number of amides is 1. The summed E-state index contributed by atoms with van der Waals surface area (Å²) in [4.78, 5) is 17.2. The van der Waals surface area contributed by atoms with Crippen molar-refractivity contribution in [3.63, 3.8) is 0 Å². The number of pyridine rings is 1. The zero-order chi connectivity index (χ0) is 25.6. The van der Waals surface area contributed by atoms with E-state index in [1.807, 2.05) is 43.3 Å². The summed E-state index contributed by atoms with van der Waals surface area (Å²) < 4.78 is 41.3. The first-order chi connectivity index (χ1) is 17.1. The third-order valence-corrected chi connectivity index (χ3v) is 7.76. The first-order valence-electron chi connectivity index (χ1n) is 12.0. The van der Waals surface area contributed by atoms with Crippen LogP contribution in [-0.2, 0) is 11.8 Å². The topological polar surface area (TPSA) is 62.2 Å². The van der Waals surface area contributed by atoms with Crippen molar-refractivity contribution in [2.45, 2.75) is 49.8 Å². The molecule has 1 amide bonds. The Bertz CT molecular complexity index is 1320. The zero-order valence-electron chi connectivity index (χ0n) is 19.8. The summed E-state index contributed by atoms with van der Waals surface area (Å²) in [5.74, 6) is -0.778. The van der Waals surface area contributed by atoms with E-state index in [9.17, 15) is 23.1 Å². The van der Waals surface area contributed by atoms with Gasteiger partial charge in [-0.3, -0.25) is 9.78 Å². The van der Waals surface area contributed by atoms with E-state index in [1.54, 1.807) is 42.6 Å². The highest BCUT2D eigenvalue weighted by Gasteiger charge is 2.60. The molecule has 0 spiro atoms. The normalized spacial score (nSPS) is 25.1. The molecule has 5 rings (SSSR count). The predicted octanol–water partition coefficient (Wildman–Crippen LogP) is 6.24. The molecule has 0 unspecified atom stereocenters. The Labute approximate surface area is 207 Å². The molecule has 1 aromatic heterocycles. The summed E-state index contributed by atoms with van der Waals surface area (Å²) in [5, 5.41) is 13.4. The number of hydrogen-bond acceptors (Lipinski definition) is 3. The maximum absolute atomic E-state index is 13.8. The van der Waals surface area contributed by atoms with Crippen molar-refractivity contribution in [2.24, 2.45) is 5.92 Å². The minimum atomic E-state index is -4.69. The lowest BCUT2D eigenvalue weighted by Gasteiger charge is -2.51. The van der Waals surface area contributed by atoms with Gasteiger partial charge < -0.3 is 10.4 Å². The number of allylic oxidation sites excluding steroid dienone is 1. The number of nitrogens with one attached hydrogen (secondary N) is 1. The van der Waals surface area contributed by atoms with Gasteiger partial charge in [-0.2, -0.15) is 13.2 Å². The third kappa shape index (κ3) is 4.22. The zero-order valence-corrected chi connectivity index (χ0v) is 19.8. The van der Waals surface area contributed by atoms with Gasteiger partial charge in [-0.05, 0) is 79.5 Å². The molecule has 2 aliphatic rings. The van der Waals surface area contributed by atoms with Gasteiger partial charge in [-0.25, -0.2) is 0 Å². The Kier molecular flexibility index (Phi) is 5.99. The van der Waals surface area contributed by atoms with Crippen LogP contribution in [0.25, 0.3) is 6.08 Å². The molecular weight excluding hydrogens is 465 g/mol. The van der Waals surface area contributed by atoms with Crippen LogP contribution in [0.5, 0.6) is 0 Å². The van der Waals surface area contributed by atoms with Crippen LogP contribution in [0.2, 0.25) is 0 Å². The molecule has 3 aromatic rings. The second kappa shape index (κ2) is 8.89. The van der Waals surface area contributed by atoms with Gasteiger partial charge in [-0.1, -0.05) is 48.6 Å². The van der Waals surface area contributed by atoms with Crippen LogP contribution in [0.15, 0.2) is 72.9 Å². The number of aromatic nitrogens is 1. The molecule has 186 valence electrons. The van der Waals surface area contributed by atoms with Gasteiger partial charge in [-0.15, -0.1) is 0 Å². The fraction of sp³-hybridized carbons (Fsp3) is 0.310. The number of hydrogen-bond donors (Lipinski definition) is 2. The number of halogens is 3. The average Bonchev–Trinajstić information content (AvgIpc) is 2.85. The monoisotopic (exact) mass is 492 g/mol. The highest BCUT2D eigenvalue weighted by Crippen LogP contribution is 2.56. The maximum atomic E-state index is 13.8. The molecule has 36 heavy (non-hydrogen) atoms. The Morgan fingerprint density at radius 3 is 2.61 bits per heavy atom. The van der Waals surface area contributed by atoms with Crippen LogP contribution in [0.4, 0.5) is 18.9 Å². The Morgan fingerprint density at radius 2 is 1.89 bits per heavy atom. The molecule has 1 heterocycles. The van der Waals surface area contributed by atoms with Crippen molar-refractivity contribution < 1.29 is 23.1 Å². The average molecular weight is 493 g/mol. The van der Waals surface area contributed by atoms with Crippen LogP contribution in [0, 0.1) is 12.8 Å². The van der Waals surface area contributed by atoms with Crippen molar-refractivity contribution >= 4 is 17.7 Å². The summed E-state index contributed by atoms with van der Waals surface area (Å²) in [5.41, 5.74) is 1.21. The Morgan fingerprint density at radius 1 is 1.11 bits per heavy atom. The quantitative estimate of drug-likeness (QED) is 0.453. The van der Waals surface area contributed by atoms with Gasteiger partial charge in [0, 0.05) is 17.2 Å². The largest absolute Gasteiger partial charge is 0.417 e. The second-order valence-electron chi connectivity index (χ2n) is 9.91. The summed E-state index contributed by atoms with van der Waals surface area (Å²) >= 11 is 0. The second-order valence-corrected chi connectivity index (χ2v) is 9.91. The number of benzene rings is 2. The third-order valence-electron chi connectivity index (χ3n) is 7.76. The number of aliphatic hydroxyl groups is 1. The Balaban J connectivity index is 1.52.